The minimum absolute atomic E-state index is 0. The summed E-state index contributed by atoms with van der Waals surface area (Å²) in [7, 11) is 0. The van der Waals surface area contributed by atoms with Gasteiger partial charge in [-0.2, -0.15) is 0 Å². The van der Waals surface area contributed by atoms with Gasteiger partial charge >= 0.3 is 0 Å². The minimum Gasteiger partial charge on any atom is -0.354 e. The van der Waals surface area contributed by atoms with E-state index in [1.54, 1.807) is 0 Å². The molecule has 2 aromatic rings. The highest BCUT2D eigenvalue weighted by molar-refractivity contribution is 5.85. The Bertz CT molecular complexity index is 613. The molecule has 130 valence electrons. The zero-order valence-corrected chi connectivity index (χ0v) is 15.2. The van der Waals surface area contributed by atoms with Crippen LogP contribution in [-0.2, 0) is 11.2 Å². The first-order valence-electron chi connectivity index (χ1n) is 8.26. The van der Waals surface area contributed by atoms with Gasteiger partial charge in [-0.15, -0.1) is 12.4 Å². The number of hydrogen-bond donors (Lipinski definition) is 2. The van der Waals surface area contributed by atoms with Crippen LogP contribution >= 0.6 is 12.4 Å². The van der Waals surface area contributed by atoms with Crippen molar-refractivity contribution >= 4 is 18.3 Å². The molecule has 2 aromatic carbocycles. The van der Waals surface area contributed by atoms with Crippen LogP contribution < -0.4 is 11.1 Å². The molecule has 2 unspecified atom stereocenters. The number of halogens is 1. The standard InChI is InChI=1S/C20H26N2O.ClH/c1-3-16-9-11-17(12-10-16)15(2)13-20(23)22-14-19(21)18-7-5-4-6-8-18;/h4-12,15,19H,3,13-14,21H2,1-2H3,(H,22,23);1H. The quantitative estimate of drug-likeness (QED) is 0.796. The molecule has 0 saturated heterocycles. The summed E-state index contributed by atoms with van der Waals surface area (Å²) in [6.07, 6.45) is 1.51. The van der Waals surface area contributed by atoms with Crippen LogP contribution in [0.1, 0.15) is 48.9 Å². The Morgan fingerprint density at radius 1 is 1.04 bits per heavy atom. The molecule has 0 aliphatic heterocycles. The van der Waals surface area contributed by atoms with Crippen molar-refractivity contribution in [2.75, 3.05) is 6.54 Å². The predicted octanol–water partition coefficient (Wildman–Crippen LogP) is 3.98. The Balaban J connectivity index is 0.00000288. The Hall–Kier alpha value is -1.84. The van der Waals surface area contributed by atoms with Crippen LogP contribution in [0.25, 0.3) is 0 Å². The van der Waals surface area contributed by atoms with E-state index in [0.29, 0.717) is 13.0 Å². The van der Waals surface area contributed by atoms with E-state index < -0.39 is 0 Å². The number of benzene rings is 2. The summed E-state index contributed by atoms with van der Waals surface area (Å²) < 4.78 is 0. The van der Waals surface area contributed by atoms with Gasteiger partial charge < -0.3 is 11.1 Å². The molecule has 0 aromatic heterocycles. The topological polar surface area (TPSA) is 55.1 Å². The van der Waals surface area contributed by atoms with E-state index in [4.69, 9.17) is 5.73 Å². The van der Waals surface area contributed by atoms with E-state index in [1.807, 2.05) is 30.3 Å². The van der Waals surface area contributed by atoms with E-state index >= 15 is 0 Å². The number of carbonyl (C=O) groups is 1. The fourth-order valence-electron chi connectivity index (χ4n) is 2.59. The third-order valence-corrected chi connectivity index (χ3v) is 4.20. The fraction of sp³-hybridized carbons (Fsp3) is 0.350. The number of aryl methyl sites for hydroxylation is 1. The average molecular weight is 347 g/mol. The maximum Gasteiger partial charge on any atom is 0.220 e. The highest BCUT2D eigenvalue weighted by Gasteiger charge is 2.13. The lowest BCUT2D eigenvalue weighted by atomic mass is 9.96. The molecule has 1 amide bonds. The van der Waals surface area contributed by atoms with Gasteiger partial charge in [0, 0.05) is 19.0 Å². The SMILES string of the molecule is CCc1ccc(C(C)CC(=O)NCC(N)c2ccccc2)cc1.Cl. The van der Waals surface area contributed by atoms with E-state index in [2.05, 4.69) is 43.4 Å². The second kappa shape index (κ2) is 10.1. The van der Waals surface area contributed by atoms with Gasteiger partial charge in [0.05, 0.1) is 0 Å². The molecule has 2 rings (SSSR count). The second-order valence-corrected chi connectivity index (χ2v) is 6.02. The molecule has 3 N–H and O–H groups in total. The Morgan fingerprint density at radius 3 is 2.25 bits per heavy atom. The Kier molecular flexibility index (Phi) is 8.51. The lowest BCUT2D eigenvalue weighted by Gasteiger charge is -2.15. The van der Waals surface area contributed by atoms with Crippen LogP contribution in [0.4, 0.5) is 0 Å². The van der Waals surface area contributed by atoms with Crippen molar-refractivity contribution in [2.24, 2.45) is 5.73 Å². The molecule has 0 heterocycles. The highest BCUT2D eigenvalue weighted by atomic mass is 35.5. The van der Waals surface area contributed by atoms with E-state index in [0.717, 1.165) is 12.0 Å². The van der Waals surface area contributed by atoms with Gasteiger partial charge in [-0.05, 0) is 29.0 Å². The maximum absolute atomic E-state index is 12.1. The zero-order valence-electron chi connectivity index (χ0n) is 14.4. The first-order valence-corrected chi connectivity index (χ1v) is 8.26. The third-order valence-electron chi connectivity index (χ3n) is 4.20. The number of nitrogens with one attached hydrogen (secondary N) is 1. The summed E-state index contributed by atoms with van der Waals surface area (Å²) in [5.74, 6) is 0.248. The van der Waals surface area contributed by atoms with Gasteiger partial charge in [0.25, 0.3) is 0 Å². The summed E-state index contributed by atoms with van der Waals surface area (Å²) in [4.78, 5) is 12.1. The summed E-state index contributed by atoms with van der Waals surface area (Å²) in [6, 6.07) is 18.2. The van der Waals surface area contributed by atoms with Gasteiger partial charge in [-0.25, -0.2) is 0 Å². The minimum atomic E-state index is -0.167. The molecule has 0 spiro atoms. The summed E-state index contributed by atoms with van der Waals surface area (Å²) in [5.41, 5.74) is 9.66. The van der Waals surface area contributed by atoms with Crippen LogP contribution in [0.2, 0.25) is 0 Å². The van der Waals surface area contributed by atoms with Crippen molar-refractivity contribution in [3.63, 3.8) is 0 Å². The number of amides is 1. The molecular weight excluding hydrogens is 320 g/mol. The van der Waals surface area contributed by atoms with E-state index in [-0.39, 0.29) is 30.3 Å². The number of rotatable bonds is 7. The smallest absolute Gasteiger partial charge is 0.220 e. The molecule has 0 radical (unpaired) electrons. The summed E-state index contributed by atoms with van der Waals surface area (Å²) in [5, 5.41) is 2.94. The number of nitrogens with two attached hydrogens (primary N) is 1. The molecule has 0 aliphatic rings. The van der Waals surface area contributed by atoms with Crippen LogP contribution in [0.5, 0.6) is 0 Å². The monoisotopic (exact) mass is 346 g/mol. The van der Waals surface area contributed by atoms with Gasteiger partial charge in [-0.3, -0.25) is 4.79 Å². The van der Waals surface area contributed by atoms with E-state index in [1.165, 1.54) is 11.1 Å². The van der Waals surface area contributed by atoms with Crippen molar-refractivity contribution in [1.29, 1.82) is 0 Å². The van der Waals surface area contributed by atoms with Crippen molar-refractivity contribution in [1.82, 2.24) is 5.32 Å². The average Bonchev–Trinajstić information content (AvgIpc) is 2.60. The third kappa shape index (κ3) is 5.99. The number of hydrogen-bond acceptors (Lipinski definition) is 2. The first-order chi connectivity index (χ1) is 11.1. The van der Waals surface area contributed by atoms with Crippen molar-refractivity contribution in [2.45, 2.75) is 38.6 Å². The van der Waals surface area contributed by atoms with Crippen LogP contribution in [-0.4, -0.2) is 12.5 Å². The molecule has 2 atom stereocenters. The maximum atomic E-state index is 12.1. The highest BCUT2D eigenvalue weighted by Crippen LogP contribution is 2.19. The first kappa shape index (κ1) is 20.2. The predicted molar refractivity (Wildman–Crippen MR) is 102 cm³/mol. The van der Waals surface area contributed by atoms with Crippen LogP contribution in [0.15, 0.2) is 54.6 Å². The van der Waals surface area contributed by atoms with E-state index in [9.17, 15) is 4.79 Å². The van der Waals surface area contributed by atoms with Crippen LogP contribution in [0.3, 0.4) is 0 Å². The largest absolute Gasteiger partial charge is 0.354 e. The van der Waals surface area contributed by atoms with Gasteiger partial charge in [0.1, 0.15) is 0 Å². The normalized spacial score (nSPS) is 12.8. The molecular formula is C20H27ClN2O. The lowest BCUT2D eigenvalue weighted by molar-refractivity contribution is -0.121. The molecule has 24 heavy (non-hydrogen) atoms. The Morgan fingerprint density at radius 2 is 1.67 bits per heavy atom. The van der Waals surface area contributed by atoms with Gasteiger partial charge in [0.15, 0.2) is 0 Å². The molecule has 4 heteroatoms. The molecule has 0 aliphatic carbocycles. The van der Waals surface area contributed by atoms with Crippen molar-refractivity contribution < 1.29 is 4.79 Å². The molecule has 0 saturated carbocycles. The molecule has 3 nitrogen and oxygen atoms in total. The fourth-order valence-corrected chi connectivity index (χ4v) is 2.59. The zero-order chi connectivity index (χ0) is 16.7. The number of carbonyl (C=O) groups excluding carboxylic acids is 1. The molecule has 0 fully saturated rings. The Labute approximate surface area is 151 Å². The summed E-state index contributed by atoms with van der Waals surface area (Å²) >= 11 is 0. The van der Waals surface area contributed by atoms with Crippen molar-refractivity contribution in [3.8, 4) is 0 Å². The van der Waals surface area contributed by atoms with Gasteiger partial charge in [-0.1, -0.05) is 68.4 Å². The van der Waals surface area contributed by atoms with Crippen LogP contribution in [0, 0.1) is 0 Å². The summed E-state index contributed by atoms with van der Waals surface area (Å²) in [6.45, 7) is 4.68. The van der Waals surface area contributed by atoms with Crippen molar-refractivity contribution in [3.05, 3.63) is 71.3 Å². The second-order valence-electron chi connectivity index (χ2n) is 6.02. The van der Waals surface area contributed by atoms with Gasteiger partial charge in [0.2, 0.25) is 5.91 Å². The molecule has 0 bridgehead atoms. The lowest BCUT2D eigenvalue weighted by Crippen LogP contribution is -2.32.